The zero-order valence-corrected chi connectivity index (χ0v) is 36.6. The van der Waals surface area contributed by atoms with Crippen molar-refractivity contribution < 1.29 is 28.4 Å². The summed E-state index contributed by atoms with van der Waals surface area (Å²) in [7, 11) is -4.35. The lowest BCUT2D eigenvalue weighted by atomic mass is 10.0. The molecule has 0 rings (SSSR count). The summed E-state index contributed by atoms with van der Waals surface area (Å²) < 4.78 is 22.1. The minimum atomic E-state index is -4.35. The lowest BCUT2D eigenvalue weighted by Gasteiger charge is -2.23. The molecule has 0 aromatic carbocycles. The minimum absolute atomic E-state index is 0.0726. The molecule has 0 bridgehead atoms. The fraction of sp³-hybridized carbons (Fsp3) is 0.804. The molecule has 0 aliphatic heterocycles. The lowest BCUT2D eigenvalue weighted by Crippen LogP contribution is -2.45. The molecule has 0 aliphatic carbocycles. The first-order valence-electron chi connectivity index (χ1n) is 22.8. The van der Waals surface area contributed by atoms with Crippen LogP contribution in [0.2, 0.25) is 0 Å². The zero-order valence-electron chi connectivity index (χ0n) is 35.7. The maximum atomic E-state index is 12.8. The molecule has 0 aromatic heterocycles. The maximum absolute atomic E-state index is 12.8. The molecule has 0 aromatic rings. The Balaban J connectivity index is 4.14. The second-order valence-corrected chi connectivity index (χ2v) is 16.7. The van der Waals surface area contributed by atoms with Crippen molar-refractivity contribution in [2.45, 2.75) is 219 Å². The van der Waals surface area contributed by atoms with Gasteiger partial charge in [-0.1, -0.05) is 184 Å². The molecule has 0 fully saturated rings. The third-order valence-electron chi connectivity index (χ3n) is 9.88. The second kappa shape index (κ2) is 42.1. The van der Waals surface area contributed by atoms with Crippen molar-refractivity contribution in [1.82, 2.24) is 5.32 Å². The summed E-state index contributed by atoms with van der Waals surface area (Å²) in [6, 6.07) is -0.878. The van der Waals surface area contributed by atoms with Gasteiger partial charge in [-0.2, -0.15) is 0 Å². The van der Waals surface area contributed by atoms with E-state index in [1.807, 2.05) is 6.08 Å². The molecular weight excluding hydrogens is 707 g/mol. The van der Waals surface area contributed by atoms with Crippen molar-refractivity contribution >= 4 is 13.7 Å². The van der Waals surface area contributed by atoms with Crippen LogP contribution in [0.4, 0.5) is 0 Å². The van der Waals surface area contributed by atoms with Gasteiger partial charge in [0.2, 0.25) is 5.91 Å². The van der Waals surface area contributed by atoms with Crippen LogP contribution in [0.5, 0.6) is 0 Å². The quantitative estimate of drug-likeness (QED) is 0.0275. The van der Waals surface area contributed by atoms with Gasteiger partial charge >= 0.3 is 7.82 Å². The first-order chi connectivity index (χ1) is 26.9. The Morgan fingerprint density at radius 2 is 1.02 bits per heavy atom. The standard InChI is InChI=1S/C46H87N2O6P/c1-3-5-7-9-11-13-15-17-18-19-20-21-22-23-24-25-26-28-30-32-34-36-38-40-46(50)48-44(43-54-55(51,52)53-42-41-47)45(49)39-37-35-33-31-29-27-16-14-12-10-8-6-4-2/h15,17,19-20,29,31,37,39,44-45,49H,3-14,16,18,21-28,30,32-36,38,40-43,47H2,1-2H3,(H,48,50)(H,51,52)/b17-15-,20-19-,31-29+,39-37+. The summed E-state index contributed by atoms with van der Waals surface area (Å²) in [5, 5.41) is 13.6. The number of carbonyl (C=O) groups is 1. The number of aliphatic hydroxyl groups excluding tert-OH is 1. The number of hydrogen-bond donors (Lipinski definition) is 4. The Bertz CT molecular complexity index is 1000. The Labute approximate surface area is 339 Å². The van der Waals surface area contributed by atoms with Crippen LogP contribution in [0, 0.1) is 0 Å². The fourth-order valence-electron chi connectivity index (χ4n) is 6.41. The number of amides is 1. The van der Waals surface area contributed by atoms with E-state index in [0.29, 0.717) is 6.42 Å². The average molecular weight is 795 g/mol. The van der Waals surface area contributed by atoms with Crippen LogP contribution in [0.3, 0.4) is 0 Å². The highest BCUT2D eigenvalue weighted by Crippen LogP contribution is 2.43. The third-order valence-corrected chi connectivity index (χ3v) is 10.9. The van der Waals surface area contributed by atoms with Crippen molar-refractivity contribution in [2.24, 2.45) is 5.73 Å². The van der Waals surface area contributed by atoms with Gasteiger partial charge in [0.25, 0.3) is 0 Å². The highest BCUT2D eigenvalue weighted by molar-refractivity contribution is 7.47. The van der Waals surface area contributed by atoms with Crippen LogP contribution in [0.1, 0.15) is 206 Å². The fourth-order valence-corrected chi connectivity index (χ4v) is 7.17. The molecule has 5 N–H and O–H groups in total. The topological polar surface area (TPSA) is 131 Å². The van der Waals surface area contributed by atoms with Gasteiger partial charge in [0.1, 0.15) is 0 Å². The molecule has 0 spiro atoms. The number of nitrogens with one attached hydrogen (secondary N) is 1. The van der Waals surface area contributed by atoms with Gasteiger partial charge in [-0.05, 0) is 64.2 Å². The van der Waals surface area contributed by atoms with Crippen LogP contribution in [-0.2, 0) is 18.4 Å². The lowest BCUT2D eigenvalue weighted by molar-refractivity contribution is -0.123. The van der Waals surface area contributed by atoms with Gasteiger partial charge in [0.15, 0.2) is 0 Å². The molecule has 0 aliphatic rings. The first kappa shape index (κ1) is 53.5. The van der Waals surface area contributed by atoms with E-state index in [1.165, 1.54) is 141 Å². The van der Waals surface area contributed by atoms with Crippen LogP contribution < -0.4 is 11.1 Å². The molecule has 3 unspecified atom stereocenters. The monoisotopic (exact) mass is 795 g/mol. The van der Waals surface area contributed by atoms with E-state index in [2.05, 4.69) is 55.6 Å². The summed E-state index contributed by atoms with van der Waals surface area (Å²) in [5.41, 5.74) is 5.37. The van der Waals surface area contributed by atoms with Gasteiger partial charge in [0.05, 0.1) is 25.4 Å². The summed E-state index contributed by atoms with van der Waals surface area (Å²) in [6.45, 7) is 4.09. The van der Waals surface area contributed by atoms with Crippen LogP contribution in [0.25, 0.3) is 0 Å². The van der Waals surface area contributed by atoms with Gasteiger partial charge in [-0.15, -0.1) is 0 Å². The normalized spacial score (nSPS) is 14.5. The summed E-state index contributed by atoms with van der Waals surface area (Å²) in [4.78, 5) is 22.7. The van der Waals surface area contributed by atoms with Crippen molar-refractivity contribution in [3.63, 3.8) is 0 Å². The molecule has 322 valence electrons. The predicted molar refractivity (Wildman–Crippen MR) is 235 cm³/mol. The van der Waals surface area contributed by atoms with E-state index in [1.54, 1.807) is 6.08 Å². The van der Waals surface area contributed by atoms with Crippen molar-refractivity contribution in [3.05, 3.63) is 48.6 Å². The molecule has 55 heavy (non-hydrogen) atoms. The van der Waals surface area contributed by atoms with E-state index >= 15 is 0 Å². The Kier molecular flexibility index (Phi) is 40.9. The third kappa shape index (κ3) is 40.5. The summed E-state index contributed by atoms with van der Waals surface area (Å²) in [6.07, 6.45) is 51.7. The number of hydrogen-bond acceptors (Lipinski definition) is 6. The number of phosphoric acid groups is 1. The molecule has 1 amide bonds. The molecule has 9 heteroatoms. The molecule has 0 heterocycles. The Morgan fingerprint density at radius 1 is 0.600 bits per heavy atom. The molecule has 0 saturated carbocycles. The van der Waals surface area contributed by atoms with E-state index in [4.69, 9.17) is 14.8 Å². The number of aliphatic hydroxyl groups is 1. The first-order valence-corrected chi connectivity index (χ1v) is 24.3. The van der Waals surface area contributed by atoms with E-state index in [0.717, 1.165) is 44.9 Å². The molecular formula is C46H87N2O6P. The molecule has 8 nitrogen and oxygen atoms in total. The van der Waals surface area contributed by atoms with Crippen LogP contribution >= 0.6 is 7.82 Å². The Morgan fingerprint density at radius 3 is 1.51 bits per heavy atom. The highest BCUT2D eigenvalue weighted by Gasteiger charge is 2.26. The van der Waals surface area contributed by atoms with E-state index in [9.17, 15) is 19.4 Å². The predicted octanol–water partition coefficient (Wildman–Crippen LogP) is 12.9. The number of carbonyl (C=O) groups excluding carboxylic acids is 1. The summed E-state index contributed by atoms with van der Waals surface area (Å²) in [5.74, 6) is -0.208. The van der Waals surface area contributed by atoms with Crippen molar-refractivity contribution in [2.75, 3.05) is 19.8 Å². The second-order valence-electron chi connectivity index (χ2n) is 15.2. The smallest absolute Gasteiger partial charge is 0.387 e. The molecule has 0 radical (unpaired) electrons. The highest BCUT2D eigenvalue weighted by atomic mass is 31.2. The van der Waals surface area contributed by atoms with Gasteiger partial charge < -0.3 is 21.1 Å². The van der Waals surface area contributed by atoms with Crippen molar-refractivity contribution in [3.8, 4) is 0 Å². The average Bonchev–Trinajstić information content (AvgIpc) is 3.17. The van der Waals surface area contributed by atoms with Gasteiger partial charge in [0, 0.05) is 13.0 Å². The van der Waals surface area contributed by atoms with Crippen LogP contribution in [-0.4, -0.2) is 47.8 Å². The van der Waals surface area contributed by atoms with Crippen molar-refractivity contribution in [1.29, 1.82) is 0 Å². The number of phosphoric ester groups is 1. The maximum Gasteiger partial charge on any atom is 0.472 e. The van der Waals surface area contributed by atoms with E-state index in [-0.39, 0.29) is 25.7 Å². The number of allylic oxidation sites excluding steroid dienone is 7. The minimum Gasteiger partial charge on any atom is -0.387 e. The largest absolute Gasteiger partial charge is 0.472 e. The van der Waals surface area contributed by atoms with Crippen LogP contribution in [0.15, 0.2) is 48.6 Å². The molecule has 0 saturated heterocycles. The zero-order chi connectivity index (χ0) is 40.3. The number of nitrogens with two attached hydrogens (primary N) is 1. The molecule has 3 atom stereocenters. The van der Waals surface area contributed by atoms with Gasteiger partial charge in [-0.25, -0.2) is 4.57 Å². The number of rotatable bonds is 42. The SMILES string of the molecule is CCCCCCC/C=C\C/C=C\CCCCCCCCCCCCCC(=O)NC(COP(=O)(O)OCCN)C(O)/C=C/CC/C=C/CCCCCCCCC. The summed E-state index contributed by atoms with van der Waals surface area (Å²) >= 11 is 0. The Hall–Kier alpha value is -1.54. The van der Waals surface area contributed by atoms with E-state index < -0.39 is 20.0 Å². The number of unbranched alkanes of at least 4 members (excludes halogenated alkanes) is 24. The van der Waals surface area contributed by atoms with Gasteiger partial charge in [-0.3, -0.25) is 13.8 Å².